The van der Waals surface area contributed by atoms with E-state index < -0.39 is 17.7 Å². The quantitative estimate of drug-likeness (QED) is 0.672. The summed E-state index contributed by atoms with van der Waals surface area (Å²) in [6.07, 6.45) is -0.677. The summed E-state index contributed by atoms with van der Waals surface area (Å²) in [5.74, 6) is 0. The fraction of sp³-hybridized carbons (Fsp3) is 0.667. The molecule has 0 spiro atoms. The van der Waals surface area contributed by atoms with Gasteiger partial charge < -0.3 is 10.2 Å². The van der Waals surface area contributed by atoms with Crippen molar-refractivity contribution in [2.45, 2.75) is 5.50 Å². The number of amides is 2. The fourth-order valence-corrected chi connectivity index (χ4v) is 1.58. The highest BCUT2D eigenvalue weighted by atomic mass is 32.2. The van der Waals surface area contributed by atoms with Crippen LogP contribution < -0.4 is 0 Å². The van der Waals surface area contributed by atoms with Gasteiger partial charge in [0.15, 0.2) is 5.50 Å². The lowest BCUT2D eigenvalue weighted by molar-refractivity contribution is 0.102. The molecule has 0 unspecified atom stereocenters. The third kappa shape index (κ3) is 3.02. The van der Waals surface area contributed by atoms with Crippen LogP contribution in [0.25, 0.3) is 0 Å². The topological polar surface area (TPSA) is 81.1 Å². The molecule has 76 valence electrons. The van der Waals surface area contributed by atoms with E-state index in [1.54, 1.807) is 6.26 Å². The first-order valence-electron chi connectivity index (χ1n) is 3.36. The molecule has 0 aliphatic heterocycles. The Labute approximate surface area is 80.1 Å². The molecule has 0 aromatic rings. The number of carboxylic acid groups (broad SMARTS) is 2. The van der Waals surface area contributed by atoms with Crippen molar-refractivity contribution >= 4 is 23.9 Å². The number of carbonyl (C=O) groups is 2. The molecule has 0 aliphatic carbocycles. The third-order valence-electron chi connectivity index (χ3n) is 1.48. The number of rotatable bonds is 3. The second kappa shape index (κ2) is 4.80. The Kier molecular flexibility index (Phi) is 4.39. The lowest BCUT2D eigenvalue weighted by atomic mass is 10.7. The summed E-state index contributed by atoms with van der Waals surface area (Å²) in [4.78, 5) is 22.9. The van der Waals surface area contributed by atoms with Crippen molar-refractivity contribution in [3.05, 3.63) is 0 Å². The summed E-state index contributed by atoms with van der Waals surface area (Å²) in [5, 5.41) is 17.2. The van der Waals surface area contributed by atoms with E-state index in [4.69, 9.17) is 10.2 Å². The molecular formula is C6H12N2O4S. The Morgan fingerprint density at radius 2 is 1.46 bits per heavy atom. The van der Waals surface area contributed by atoms with Crippen molar-refractivity contribution in [1.82, 2.24) is 9.80 Å². The highest BCUT2D eigenvalue weighted by Gasteiger charge is 2.25. The Hall–Kier alpha value is -1.11. The van der Waals surface area contributed by atoms with E-state index in [1.165, 1.54) is 14.1 Å². The number of hydrogen-bond acceptors (Lipinski definition) is 3. The van der Waals surface area contributed by atoms with E-state index in [1.807, 2.05) is 0 Å². The Morgan fingerprint density at radius 1 is 1.15 bits per heavy atom. The minimum absolute atomic E-state index is 0.713. The normalized spacial score (nSPS) is 9.85. The van der Waals surface area contributed by atoms with Gasteiger partial charge in [0.25, 0.3) is 0 Å². The Balaban J connectivity index is 4.49. The molecule has 0 aromatic carbocycles. The van der Waals surface area contributed by atoms with Gasteiger partial charge in [0.05, 0.1) is 0 Å². The van der Waals surface area contributed by atoms with E-state index in [-0.39, 0.29) is 0 Å². The predicted octanol–water partition coefficient (Wildman–Crippen LogP) is 0.853. The Morgan fingerprint density at radius 3 is 1.62 bits per heavy atom. The van der Waals surface area contributed by atoms with Gasteiger partial charge in [0.2, 0.25) is 0 Å². The van der Waals surface area contributed by atoms with E-state index in [2.05, 4.69) is 0 Å². The van der Waals surface area contributed by atoms with Gasteiger partial charge in [-0.3, -0.25) is 9.80 Å². The van der Waals surface area contributed by atoms with E-state index in [0.717, 1.165) is 21.6 Å². The van der Waals surface area contributed by atoms with Gasteiger partial charge >= 0.3 is 12.2 Å². The van der Waals surface area contributed by atoms with Crippen molar-refractivity contribution in [2.75, 3.05) is 20.4 Å². The lowest BCUT2D eigenvalue weighted by Gasteiger charge is -2.30. The summed E-state index contributed by atoms with van der Waals surface area (Å²) in [6.45, 7) is 0. The summed E-state index contributed by atoms with van der Waals surface area (Å²) >= 11 is 1.13. The summed E-state index contributed by atoms with van der Waals surface area (Å²) in [6, 6.07) is 0. The number of thioether (sulfide) groups is 1. The first kappa shape index (κ1) is 11.9. The highest BCUT2D eigenvalue weighted by molar-refractivity contribution is 7.99. The van der Waals surface area contributed by atoms with Gasteiger partial charge in [-0.25, -0.2) is 9.59 Å². The smallest absolute Gasteiger partial charge is 0.409 e. The standard InChI is InChI=1S/C6H12N2O4S/c1-7(5(9)10)4(13-3)8(2)6(11)12/h4H,1-3H3,(H,9,10)(H,11,12). The van der Waals surface area contributed by atoms with Gasteiger partial charge in [0.1, 0.15) is 0 Å². The average molecular weight is 208 g/mol. The molecule has 0 aliphatic rings. The second-order valence-electron chi connectivity index (χ2n) is 2.35. The first-order chi connectivity index (χ1) is 5.91. The molecule has 7 heteroatoms. The minimum atomic E-state index is -1.16. The van der Waals surface area contributed by atoms with Gasteiger partial charge in [0, 0.05) is 14.1 Å². The molecule has 0 bridgehead atoms. The van der Waals surface area contributed by atoms with Crippen LogP contribution in [0.15, 0.2) is 0 Å². The van der Waals surface area contributed by atoms with Crippen LogP contribution in [-0.4, -0.2) is 58.0 Å². The molecule has 0 saturated heterocycles. The van der Waals surface area contributed by atoms with E-state index in [0.29, 0.717) is 0 Å². The van der Waals surface area contributed by atoms with Crippen molar-refractivity contribution in [1.29, 1.82) is 0 Å². The lowest BCUT2D eigenvalue weighted by Crippen LogP contribution is -2.46. The maximum atomic E-state index is 10.5. The highest BCUT2D eigenvalue weighted by Crippen LogP contribution is 2.14. The van der Waals surface area contributed by atoms with Crippen LogP contribution >= 0.6 is 11.8 Å². The molecule has 0 aromatic heterocycles. The van der Waals surface area contributed by atoms with E-state index >= 15 is 0 Å². The van der Waals surface area contributed by atoms with Crippen LogP contribution in [0, 0.1) is 0 Å². The molecule has 0 atom stereocenters. The molecular weight excluding hydrogens is 196 g/mol. The maximum absolute atomic E-state index is 10.5. The second-order valence-corrected chi connectivity index (χ2v) is 3.24. The molecule has 0 saturated carbocycles. The zero-order valence-electron chi connectivity index (χ0n) is 7.59. The summed E-state index contributed by atoms with van der Waals surface area (Å²) in [5.41, 5.74) is -0.713. The minimum Gasteiger partial charge on any atom is -0.465 e. The van der Waals surface area contributed by atoms with Crippen molar-refractivity contribution < 1.29 is 19.8 Å². The molecule has 0 heterocycles. The van der Waals surface area contributed by atoms with Crippen LogP contribution in [0.4, 0.5) is 9.59 Å². The fourth-order valence-electron chi connectivity index (χ4n) is 0.765. The molecule has 6 nitrogen and oxygen atoms in total. The van der Waals surface area contributed by atoms with Gasteiger partial charge in [-0.2, -0.15) is 0 Å². The van der Waals surface area contributed by atoms with Crippen LogP contribution in [0.3, 0.4) is 0 Å². The van der Waals surface area contributed by atoms with Crippen molar-refractivity contribution in [3.63, 3.8) is 0 Å². The van der Waals surface area contributed by atoms with E-state index in [9.17, 15) is 9.59 Å². The zero-order valence-corrected chi connectivity index (χ0v) is 8.41. The number of hydrogen-bond donors (Lipinski definition) is 2. The SMILES string of the molecule is CSC(N(C)C(=O)O)N(C)C(=O)O. The zero-order chi connectivity index (χ0) is 10.6. The molecule has 2 amide bonds. The summed E-state index contributed by atoms with van der Waals surface area (Å²) < 4.78 is 0. The van der Waals surface area contributed by atoms with Crippen molar-refractivity contribution in [2.24, 2.45) is 0 Å². The Bertz CT molecular complexity index is 191. The van der Waals surface area contributed by atoms with Crippen LogP contribution in [0.5, 0.6) is 0 Å². The van der Waals surface area contributed by atoms with Gasteiger partial charge in [-0.1, -0.05) is 0 Å². The van der Waals surface area contributed by atoms with Crippen LogP contribution in [0.1, 0.15) is 0 Å². The molecule has 2 N–H and O–H groups in total. The largest absolute Gasteiger partial charge is 0.465 e. The van der Waals surface area contributed by atoms with Crippen molar-refractivity contribution in [3.8, 4) is 0 Å². The summed E-state index contributed by atoms with van der Waals surface area (Å²) in [7, 11) is 2.64. The molecule has 13 heavy (non-hydrogen) atoms. The average Bonchev–Trinajstić information content (AvgIpc) is 2.04. The maximum Gasteiger partial charge on any atom is 0.409 e. The molecule has 0 rings (SSSR count). The molecule has 0 fully saturated rings. The van der Waals surface area contributed by atoms with Gasteiger partial charge in [-0.15, -0.1) is 11.8 Å². The van der Waals surface area contributed by atoms with Crippen LogP contribution in [-0.2, 0) is 0 Å². The monoisotopic (exact) mass is 208 g/mol. The van der Waals surface area contributed by atoms with Gasteiger partial charge in [-0.05, 0) is 6.26 Å². The van der Waals surface area contributed by atoms with Crippen LogP contribution in [0.2, 0.25) is 0 Å². The third-order valence-corrected chi connectivity index (χ3v) is 2.53. The first-order valence-corrected chi connectivity index (χ1v) is 4.65. The predicted molar refractivity (Wildman–Crippen MR) is 48.9 cm³/mol. The molecule has 0 radical (unpaired) electrons. The number of nitrogens with zero attached hydrogens (tertiary/aromatic N) is 2.